The molecule has 18 heavy (non-hydrogen) atoms. The Labute approximate surface area is 103 Å². The van der Waals surface area contributed by atoms with Crippen LogP contribution < -0.4 is 5.56 Å². The van der Waals surface area contributed by atoms with Gasteiger partial charge in [-0.2, -0.15) is 5.10 Å². The molecule has 1 amide bonds. The summed E-state index contributed by atoms with van der Waals surface area (Å²) >= 11 is 0. The summed E-state index contributed by atoms with van der Waals surface area (Å²) in [6.07, 6.45) is 2.29. The fourth-order valence-corrected chi connectivity index (χ4v) is 2.63. The van der Waals surface area contributed by atoms with Gasteiger partial charge in [-0.05, 0) is 18.9 Å². The molecule has 3 heterocycles. The predicted octanol–water partition coefficient (Wildman–Crippen LogP) is 0.697. The van der Waals surface area contributed by atoms with Crippen LogP contribution in [0.5, 0.6) is 0 Å². The summed E-state index contributed by atoms with van der Waals surface area (Å²) in [4.78, 5) is 28.4. The summed E-state index contributed by atoms with van der Waals surface area (Å²) in [7, 11) is 0. The number of H-pyrrole nitrogens is 1. The molecule has 3 rings (SSSR count). The van der Waals surface area contributed by atoms with E-state index in [1.54, 1.807) is 16.3 Å². The van der Waals surface area contributed by atoms with Gasteiger partial charge in [0, 0.05) is 6.54 Å². The SMILES string of the molecule is CCCN1Cc2c(c(C)c3c(=O)[nH]cnn23)C1=O. The van der Waals surface area contributed by atoms with Gasteiger partial charge >= 0.3 is 0 Å². The van der Waals surface area contributed by atoms with E-state index in [9.17, 15) is 9.59 Å². The molecule has 2 aromatic heterocycles. The van der Waals surface area contributed by atoms with Gasteiger partial charge < -0.3 is 9.88 Å². The monoisotopic (exact) mass is 246 g/mol. The topological polar surface area (TPSA) is 70.5 Å². The molecule has 0 aliphatic carbocycles. The number of nitrogens with zero attached hydrogens (tertiary/aromatic N) is 3. The Morgan fingerprint density at radius 1 is 1.44 bits per heavy atom. The van der Waals surface area contributed by atoms with Crippen molar-refractivity contribution in [1.82, 2.24) is 19.5 Å². The zero-order valence-electron chi connectivity index (χ0n) is 10.4. The third-order valence-corrected chi connectivity index (χ3v) is 3.41. The Morgan fingerprint density at radius 2 is 2.22 bits per heavy atom. The Hall–Kier alpha value is -2.11. The van der Waals surface area contributed by atoms with Crippen molar-refractivity contribution in [1.29, 1.82) is 0 Å². The highest BCUT2D eigenvalue weighted by atomic mass is 16.2. The van der Waals surface area contributed by atoms with Crippen LogP contribution in [0, 0.1) is 6.92 Å². The number of hydrogen-bond donors (Lipinski definition) is 1. The largest absolute Gasteiger partial charge is 0.333 e. The van der Waals surface area contributed by atoms with Crippen LogP contribution in [0.1, 0.15) is 35.0 Å². The maximum Gasteiger partial charge on any atom is 0.275 e. The maximum absolute atomic E-state index is 12.3. The number of nitrogens with one attached hydrogen (secondary N) is 1. The molecular formula is C12H14N4O2. The lowest BCUT2D eigenvalue weighted by Crippen LogP contribution is -2.26. The predicted molar refractivity (Wildman–Crippen MR) is 65.6 cm³/mol. The van der Waals surface area contributed by atoms with Gasteiger partial charge in [0.2, 0.25) is 0 Å². The van der Waals surface area contributed by atoms with Crippen LogP contribution in [0.2, 0.25) is 0 Å². The van der Waals surface area contributed by atoms with Crippen molar-refractivity contribution in [3.8, 4) is 0 Å². The number of fused-ring (bicyclic) bond motifs is 3. The first-order valence-corrected chi connectivity index (χ1v) is 6.02. The Kier molecular flexibility index (Phi) is 2.26. The van der Waals surface area contributed by atoms with Crippen LogP contribution in [-0.4, -0.2) is 31.9 Å². The lowest BCUT2D eigenvalue weighted by molar-refractivity contribution is 0.0777. The van der Waals surface area contributed by atoms with Gasteiger partial charge in [0.15, 0.2) is 0 Å². The van der Waals surface area contributed by atoms with Crippen LogP contribution >= 0.6 is 0 Å². The van der Waals surface area contributed by atoms with Crippen molar-refractivity contribution in [2.24, 2.45) is 0 Å². The molecule has 0 radical (unpaired) electrons. The first kappa shape index (κ1) is 11.0. The minimum absolute atomic E-state index is 0.00856. The smallest absolute Gasteiger partial charge is 0.275 e. The standard InChI is InChI=1S/C12H14N4O2/c1-3-4-15-5-8-9(12(15)18)7(2)10-11(17)13-6-14-16(8)10/h6H,3-5H2,1-2H3,(H,13,14,17). The van der Waals surface area contributed by atoms with Crippen LogP contribution in [-0.2, 0) is 6.54 Å². The third kappa shape index (κ3) is 1.25. The molecule has 6 heteroatoms. The first-order chi connectivity index (χ1) is 8.65. The van der Waals surface area contributed by atoms with Gasteiger partial charge in [0.1, 0.15) is 11.8 Å². The highest BCUT2D eigenvalue weighted by Crippen LogP contribution is 2.28. The Balaban J connectivity index is 2.26. The second-order valence-electron chi connectivity index (χ2n) is 4.55. The van der Waals surface area contributed by atoms with E-state index in [1.807, 2.05) is 6.92 Å². The Morgan fingerprint density at radius 3 is 2.94 bits per heavy atom. The quantitative estimate of drug-likeness (QED) is 0.847. The molecule has 0 aromatic carbocycles. The van der Waals surface area contributed by atoms with Gasteiger partial charge in [0.05, 0.1) is 17.8 Å². The zero-order valence-corrected chi connectivity index (χ0v) is 10.4. The van der Waals surface area contributed by atoms with Crippen molar-refractivity contribution in [3.63, 3.8) is 0 Å². The van der Waals surface area contributed by atoms with Crippen LogP contribution in [0.15, 0.2) is 11.1 Å². The molecular weight excluding hydrogens is 232 g/mol. The molecule has 1 N–H and O–H groups in total. The molecule has 1 aliphatic heterocycles. The average molecular weight is 246 g/mol. The second kappa shape index (κ2) is 3.69. The van der Waals surface area contributed by atoms with Crippen LogP contribution in [0.3, 0.4) is 0 Å². The van der Waals surface area contributed by atoms with Crippen LogP contribution in [0.25, 0.3) is 5.52 Å². The number of amides is 1. The van der Waals surface area contributed by atoms with E-state index in [-0.39, 0.29) is 11.5 Å². The number of aromatic amines is 1. The molecule has 2 aromatic rings. The minimum atomic E-state index is -0.202. The minimum Gasteiger partial charge on any atom is -0.333 e. The van der Waals surface area contributed by atoms with Gasteiger partial charge in [-0.15, -0.1) is 0 Å². The van der Waals surface area contributed by atoms with Crippen molar-refractivity contribution in [2.75, 3.05) is 6.54 Å². The molecule has 0 saturated carbocycles. The fraction of sp³-hybridized carbons (Fsp3) is 0.417. The summed E-state index contributed by atoms with van der Waals surface area (Å²) < 4.78 is 1.59. The number of carbonyl (C=O) groups excluding carboxylic acids is 1. The van der Waals surface area contributed by atoms with E-state index in [2.05, 4.69) is 10.1 Å². The molecule has 6 nitrogen and oxygen atoms in total. The van der Waals surface area contributed by atoms with E-state index < -0.39 is 0 Å². The third-order valence-electron chi connectivity index (χ3n) is 3.41. The molecule has 0 spiro atoms. The second-order valence-corrected chi connectivity index (χ2v) is 4.55. The molecule has 0 atom stereocenters. The normalized spacial score (nSPS) is 14.6. The number of aryl methyl sites for hydroxylation is 1. The van der Waals surface area contributed by atoms with Gasteiger partial charge in [-0.3, -0.25) is 9.59 Å². The van der Waals surface area contributed by atoms with Crippen molar-refractivity contribution < 1.29 is 4.79 Å². The van der Waals surface area contributed by atoms with Crippen molar-refractivity contribution in [3.05, 3.63) is 33.5 Å². The summed E-state index contributed by atoms with van der Waals surface area (Å²) in [5, 5.41) is 4.15. The van der Waals surface area contributed by atoms with E-state index in [1.165, 1.54) is 6.33 Å². The van der Waals surface area contributed by atoms with Gasteiger partial charge in [-0.1, -0.05) is 6.92 Å². The van der Waals surface area contributed by atoms with E-state index in [4.69, 9.17) is 0 Å². The lowest BCUT2D eigenvalue weighted by atomic mass is 10.1. The Bertz CT molecular complexity index is 698. The highest BCUT2D eigenvalue weighted by Gasteiger charge is 2.33. The molecule has 0 unspecified atom stereocenters. The number of rotatable bonds is 2. The number of carbonyl (C=O) groups is 1. The van der Waals surface area contributed by atoms with E-state index in [0.29, 0.717) is 17.6 Å². The van der Waals surface area contributed by atoms with Gasteiger partial charge in [-0.25, -0.2) is 4.52 Å². The van der Waals surface area contributed by atoms with Crippen molar-refractivity contribution >= 4 is 11.4 Å². The first-order valence-electron chi connectivity index (χ1n) is 6.02. The lowest BCUT2D eigenvalue weighted by Gasteiger charge is -2.14. The molecule has 0 bridgehead atoms. The molecule has 94 valence electrons. The zero-order chi connectivity index (χ0) is 12.9. The fourth-order valence-electron chi connectivity index (χ4n) is 2.63. The molecule has 0 fully saturated rings. The number of aromatic nitrogens is 3. The summed E-state index contributed by atoms with van der Waals surface area (Å²) in [5.74, 6) is 0.00856. The number of hydrogen-bond acceptors (Lipinski definition) is 3. The van der Waals surface area contributed by atoms with E-state index in [0.717, 1.165) is 24.2 Å². The van der Waals surface area contributed by atoms with Gasteiger partial charge in [0.25, 0.3) is 11.5 Å². The van der Waals surface area contributed by atoms with E-state index >= 15 is 0 Å². The molecule has 0 saturated heterocycles. The maximum atomic E-state index is 12.3. The molecule has 1 aliphatic rings. The van der Waals surface area contributed by atoms with Crippen molar-refractivity contribution in [2.45, 2.75) is 26.8 Å². The summed E-state index contributed by atoms with van der Waals surface area (Å²) in [6.45, 7) is 5.11. The average Bonchev–Trinajstić information content (AvgIpc) is 2.80. The summed E-state index contributed by atoms with van der Waals surface area (Å²) in [6, 6.07) is 0. The van der Waals surface area contributed by atoms with Crippen LogP contribution in [0.4, 0.5) is 0 Å². The highest BCUT2D eigenvalue weighted by molar-refractivity contribution is 6.01. The summed E-state index contributed by atoms with van der Waals surface area (Å²) in [5.41, 5.74) is 2.47.